The van der Waals surface area contributed by atoms with Gasteiger partial charge in [-0.3, -0.25) is 0 Å². The van der Waals surface area contributed by atoms with E-state index in [4.69, 9.17) is 4.74 Å². The molecule has 2 saturated heterocycles. The third-order valence-corrected chi connectivity index (χ3v) is 3.99. The predicted molar refractivity (Wildman–Crippen MR) is 66.7 cm³/mol. The summed E-state index contributed by atoms with van der Waals surface area (Å²) >= 11 is 0. The molecule has 2 rings (SSSR count). The first-order valence-electron chi connectivity index (χ1n) is 6.79. The molecule has 3 atom stereocenters. The van der Waals surface area contributed by atoms with Gasteiger partial charge in [0.1, 0.15) is 0 Å². The summed E-state index contributed by atoms with van der Waals surface area (Å²) in [6.45, 7) is 6.79. The Bertz CT molecular complexity index is 204. The van der Waals surface area contributed by atoms with E-state index in [0.717, 1.165) is 19.1 Å². The van der Waals surface area contributed by atoms with Crippen LogP contribution in [0.15, 0.2) is 0 Å². The highest BCUT2D eigenvalue weighted by Gasteiger charge is 2.25. The lowest BCUT2D eigenvalue weighted by Crippen LogP contribution is -2.42. The number of hydrogen-bond acceptors (Lipinski definition) is 3. The molecule has 0 radical (unpaired) electrons. The first kappa shape index (κ1) is 12.3. The normalized spacial score (nSPS) is 35.8. The smallest absolute Gasteiger partial charge is 0.0701 e. The summed E-state index contributed by atoms with van der Waals surface area (Å²) in [5, 5.41) is 3.59. The van der Waals surface area contributed by atoms with E-state index in [-0.39, 0.29) is 0 Å². The largest absolute Gasteiger partial charge is 0.377 e. The van der Waals surface area contributed by atoms with Crippen molar-refractivity contribution in [3.8, 4) is 0 Å². The maximum atomic E-state index is 5.78. The van der Waals surface area contributed by atoms with E-state index >= 15 is 0 Å². The van der Waals surface area contributed by atoms with Crippen LogP contribution in [-0.2, 0) is 4.74 Å². The van der Waals surface area contributed by atoms with E-state index in [0.29, 0.717) is 12.1 Å². The molecule has 0 aromatic rings. The Morgan fingerprint density at radius 3 is 2.75 bits per heavy atom. The summed E-state index contributed by atoms with van der Waals surface area (Å²) < 4.78 is 5.78. The summed E-state index contributed by atoms with van der Waals surface area (Å²) in [4.78, 5) is 2.44. The Labute approximate surface area is 99.5 Å². The number of rotatable bonds is 4. The zero-order valence-corrected chi connectivity index (χ0v) is 10.7. The topological polar surface area (TPSA) is 24.5 Å². The highest BCUT2D eigenvalue weighted by molar-refractivity contribution is 4.83. The minimum absolute atomic E-state index is 0.482. The van der Waals surface area contributed by atoms with Gasteiger partial charge in [-0.15, -0.1) is 0 Å². The molecule has 94 valence electrons. The molecule has 0 amide bonds. The van der Waals surface area contributed by atoms with Crippen molar-refractivity contribution < 1.29 is 4.74 Å². The van der Waals surface area contributed by atoms with Gasteiger partial charge in [0.25, 0.3) is 0 Å². The molecule has 0 spiro atoms. The molecule has 2 aliphatic heterocycles. The molecule has 1 N–H and O–H groups in total. The summed E-state index contributed by atoms with van der Waals surface area (Å²) in [5.41, 5.74) is 0. The van der Waals surface area contributed by atoms with E-state index in [1.165, 1.54) is 38.8 Å². The van der Waals surface area contributed by atoms with Crippen molar-refractivity contribution in [3.05, 3.63) is 0 Å². The predicted octanol–water partition coefficient (Wildman–Crippen LogP) is 1.49. The van der Waals surface area contributed by atoms with Crippen LogP contribution in [0.25, 0.3) is 0 Å². The summed E-state index contributed by atoms with van der Waals surface area (Å²) in [5.74, 6) is 0.828. The van der Waals surface area contributed by atoms with E-state index in [1.807, 2.05) is 0 Å². The third kappa shape index (κ3) is 3.44. The molecule has 0 bridgehead atoms. The molecule has 0 aliphatic carbocycles. The minimum atomic E-state index is 0.482. The molecule has 0 saturated carbocycles. The van der Waals surface area contributed by atoms with E-state index in [2.05, 4.69) is 24.2 Å². The second-order valence-electron chi connectivity index (χ2n) is 5.54. The van der Waals surface area contributed by atoms with E-state index in [1.54, 1.807) is 0 Å². The average molecular weight is 226 g/mol. The van der Waals surface area contributed by atoms with Crippen molar-refractivity contribution >= 4 is 0 Å². The summed E-state index contributed by atoms with van der Waals surface area (Å²) in [6, 6.07) is 0.689. The van der Waals surface area contributed by atoms with Crippen LogP contribution in [-0.4, -0.2) is 50.3 Å². The lowest BCUT2D eigenvalue weighted by atomic mass is 10.0. The fourth-order valence-electron chi connectivity index (χ4n) is 2.85. The number of hydrogen-bond donors (Lipinski definition) is 1. The summed E-state index contributed by atoms with van der Waals surface area (Å²) in [6.07, 6.45) is 5.66. The molecule has 2 fully saturated rings. The van der Waals surface area contributed by atoms with Crippen molar-refractivity contribution in [3.63, 3.8) is 0 Å². The minimum Gasteiger partial charge on any atom is -0.377 e. The second-order valence-corrected chi connectivity index (χ2v) is 5.54. The van der Waals surface area contributed by atoms with Crippen LogP contribution in [0.3, 0.4) is 0 Å². The quantitative estimate of drug-likeness (QED) is 0.786. The molecule has 3 unspecified atom stereocenters. The van der Waals surface area contributed by atoms with Gasteiger partial charge in [-0.1, -0.05) is 6.92 Å². The van der Waals surface area contributed by atoms with Gasteiger partial charge in [0.15, 0.2) is 0 Å². The van der Waals surface area contributed by atoms with Crippen LogP contribution in [0.1, 0.15) is 32.6 Å². The molecular formula is C13H26N2O. The Kier molecular flexibility index (Phi) is 4.62. The van der Waals surface area contributed by atoms with Gasteiger partial charge in [0.2, 0.25) is 0 Å². The number of likely N-dealkylation sites (N-methyl/N-ethyl adjacent to an activating group) is 1. The SMILES string of the molecule is CC1CCNC1CN(C)CC1CCCCO1. The van der Waals surface area contributed by atoms with Crippen molar-refractivity contribution in [1.29, 1.82) is 0 Å². The van der Waals surface area contributed by atoms with Crippen molar-refractivity contribution in [2.75, 3.05) is 33.3 Å². The Hall–Kier alpha value is -0.120. The van der Waals surface area contributed by atoms with Gasteiger partial charge in [0, 0.05) is 25.7 Å². The van der Waals surface area contributed by atoms with E-state index in [9.17, 15) is 0 Å². The maximum absolute atomic E-state index is 5.78. The fraction of sp³-hybridized carbons (Fsp3) is 1.00. The van der Waals surface area contributed by atoms with Crippen LogP contribution < -0.4 is 5.32 Å². The second kappa shape index (κ2) is 5.99. The lowest BCUT2D eigenvalue weighted by molar-refractivity contribution is -0.00283. The van der Waals surface area contributed by atoms with Gasteiger partial charge in [-0.25, -0.2) is 0 Å². The van der Waals surface area contributed by atoms with Crippen molar-refractivity contribution in [2.45, 2.75) is 44.8 Å². The Balaban J connectivity index is 1.68. The van der Waals surface area contributed by atoms with Crippen LogP contribution in [0, 0.1) is 5.92 Å². The molecule has 3 heteroatoms. The summed E-state index contributed by atoms with van der Waals surface area (Å²) in [7, 11) is 2.23. The highest BCUT2D eigenvalue weighted by Crippen LogP contribution is 2.17. The third-order valence-electron chi connectivity index (χ3n) is 3.99. The van der Waals surface area contributed by atoms with Crippen LogP contribution in [0.5, 0.6) is 0 Å². The Morgan fingerprint density at radius 1 is 1.25 bits per heavy atom. The molecule has 16 heavy (non-hydrogen) atoms. The van der Waals surface area contributed by atoms with Gasteiger partial charge in [0.05, 0.1) is 6.10 Å². The zero-order valence-electron chi connectivity index (χ0n) is 10.7. The molecule has 2 aliphatic rings. The van der Waals surface area contributed by atoms with Gasteiger partial charge < -0.3 is 15.0 Å². The van der Waals surface area contributed by atoms with Crippen LogP contribution in [0.2, 0.25) is 0 Å². The van der Waals surface area contributed by atoms with Crippen molar-refractivity contribution in [1.82, 2.24) is 10.2 Å². The standard InChI is InChI=1S/C13H26N2O/c1-11-6-7-14-13(11)10-15(2)9-12-5-3-4-8-16-12/h11-14H,3-10H2,1-2H3. The van der Waals surface area contributed by atoms with Gasteiger partial charge in [-0.05, 0) is 45.2 Å². The average Bonchev–Trinajstić information content (AvgIpc) is 2.66. The molecule has 3 nitrogen and oxygen atoms in total. The highest BCUT2D eigenvalue weighted by atomic mass is 16.5. The van der Waals surface area contributed by atoms with Crippen LogP contribution >= 0.6 is 0 Å². The van der Waals surface area contributed by atoms with Gasteiger partial charge >= 0.3 is 0 Å². The van der Waals surface area contributed by atoms with Crippen molar-refractivity contribution in [2.24, 2.45) is 5.92 Å². The number of ether oxygens (including phenoxy) is 1. The number of nitrogens with one attached hydrogen (secondary N) is 1. The van der Waals surface area contributed by atoms with E-state index < -0.39 is 0 Å². The molecule has 2 heterocycles. The molecular weight excluding hydrogens is 200 g/mol. The molecule has 0 aromatic heterocycles. The lowest BCUT2D eigenvalue weighted by Gasteiger charge is -2.29. The maximum Gasteiger partial charge on any atom is 0.0701 e. The number of nitrogens with zero attached hydrogens (tertiary/aromatic N) is 1. The van der Waals surface area contributed by atoms with Crippen LogP contribution in [0.4, 0.5) is 0 Å². The zero-order chi connectivity index (χ0) is 11.4. The monoisotopic (exact) mass is 226 g/mol. The Morgan fingerprint density at radius 2 is 2.12 bits per heavy atom. The fourth-order valence-corrected chi connectivity index (χ4v) is 2.85. The molecule has 0 aromatic carbocycles. The first-order valence-corrected chi connectivity index (χ1v) is 6.79. The first-order chi connectivity index (χ1) is 7.75. The van der Waals surface area contributed by atoms with Gasteiger partial charge in [-0.2, -0.15) is 0 Å².